The zero-order valence-electron chi connectivity index (χ0n) is 23.0. The Kier molecular flexibility index (Phi) is 7.95. The normalized spacial score (nSPS) is 17.4. The number of ether oxygens (including phenoxy) is 1. The van der Waals surface area contributed by atoms with E-state index in [4.69, 9.17) is 9.84 Å². The van der Waals surface area contributed by atoms with Crippen molar-refractivity contribution in [2.24, 2.45) is 7.05 Å². The lowest BCUT2D eigenvalue weighted by molar-refractivity contribution is 0.159. The van der Waals surface area contributed by atoms with Gasteiger partial charge in [-0.3, -0.25) is 14.9 Å². The van der Waals surface area contributed by atoms with Crippen LogP contribution in [0.25, 0.3) is 17.1 Å². The van der Waals surface area contributed by atoms with Gasteiger partial charge in [0.1, 0.15) is 28.8 Å². The number of aryl methyl sites for hydroxylation is 2. The number of methoxy groups -OCH3 is 1. The highest BCUT2D eigenvalue weighted by molar-refractivity contribution is 5.91. The largest absolute Gasteiger partial charge is 0.383 e. The van der Waals surface area contributed by atoms with E-state index < -0.39 is 17.7 Å². The van der Waals surface area contributed by atoms with Crippen molar-refractivity contribution in [2.75, 3.05) is 38.7 Å². The van der Waals surface area contributed by atoms with Crippen LogP contribution in [0.5, 0.6) is 0 Å². The van der Waals surface area contributed by atoms with Gasteiger partial charge in [-0.25, -0.2) is 18.3 Å². The van der Waals surface area contributed by atoms with Gasteiger partial charge in [0.25, 0.3) is 0 Å². The number of amides is 2. The number of anilines is 1. The Morgan fingerprint density at radius 3 is 2.42 bits per heavy atom. The van der Waals surface area contributed by atoms with E-state index in [0.29, 0.717) is 49.0 Å². The fraction of sp³-hybridized carbons (Fsp3) is 0.345. The van der Waals surface area contributed by atoms with Gasteiger partial charge in [-0.2, -0.15) is 10.2 Å². The number of carbonyl (C=O) groups excluding carboxylic acids is 1. The summed E-state index contributed by atoms with van der Waals surface area (Å²) in [4.78, 5) is 15.6. The fourth-order valence-electron chi connectivity index (χ4n) is 5.19. The van der Waals surface area contributed by atoms with Crippen molar-refractivity contribution in [2.45, 2.75) is 25.8 Å². The molecule has 1 aliphatic heterocycles. The molecule has 0 spiro atoms. The number of aromatic nitrogens is 4. The second-order valence-electron chi connectivity index (χ2n) is 10.1. The van der Waals surface area contributed by atoms with E-state index in [0.717, 1.165) is 23.0 Å². The van der Waals surface area contributed by atoms with Crippen LogP contribution in [0.15, 0.2) is 54.6 Å². The minimum Gasteiger partial charge on any atom is -0.383 e. The molecule has 1 aliphatic rings. The minimum absolute atomic E-state index is 0.306. The van der Waals surface area contributed by atoms with Crippen molar-refractivity contribution in [3.63, 3.8) is 0 Å². The van der Waals surface area contributed by atoms with Crippen molar-refractivity contribution in [1.29, 1.82) is 0 Å². The van der Waals surface area contributed by atoms with Gasteiger partial charge in [-0.1, -0.05) is 18.2 Å². The van der Waals surface area contributed by atoms with Gasteiger partial charge in [0.05, 0.1) is 18.3 Å². The van der Waals surface area contributed by atoms with Gasteiger partial charge in [0.2, 0.25) is 0 Å². The molecule has 2 aromatic heterocycles. The van der Waals surface area contributed by atoms with Gasteiger partial charge >= 0.3 is 6.03 Å². The third kappa shape index (κ3) is 5.75. The van der Waals surface area contributed by atoms with Crippen LogP contribution < -0.4 is 10.6 Å². The third-order valence-corrected chi connectivity index (χ3v) is 7.35. The monoisotopic (exact) mass is 549 g/mol. The average molecular weight is 550 g/mol. The second-order valence-corrected chi connectivity index (χ2v) is 10.1. The Bertz CT molecular complexity index is 1460. The first-order valence-corrected chi connectivity index (χ1v) is 13.1. The maximum absolute atomic E-state index is 14.1. The number of nitrogens with one attached hydrogen (secondary N) is 2. The van der Waals surface area contributed by atoms with E-state index in [-0.39, 0.29) is 12.0 Å². The Labute approximate surface area is 231 Å². The highest BCUT2D eigenvalue weighted by atomic mass is 19.1. The molecular weight excluding hydrogens is 516 g/mol. The van der Waals surface area contributed by atoms with Crippen molar-refractivity contribution in [3.05, 3.63) is 83.1 Å². The molecule has 0 saturated carbocycles. The molecule has 0 aliphatic carbocycles. The lowest BCUT2D eigenvalue weighted by Gasteiger charge is -2.21. The number of urea groups is 1. The Hall–Kier alpha value is -4.09. The van der Waals surface area contributed by atoms with Crippen LogP contribution in [-0.2, 0) is 11.8 Å². The summed E-state index contributed by atoms with van der Waals surface area (Å²) in [5, 5.41) is 15.4. The summed E-state index contributed by atoms with van der Waals surface area (Å²) in [6, 6.07) is 14.2. The molecule has 40 heavy (non-hydrogen) atoms. The summed E-state index contributed by atoms with van der Waals surface area (Å²) in [6.45, 7) is 6.04. The average Bonchev–Trinajstić information content (AvgIpc) is 3.58. The Morgan fingerprint density at radius 2 is 1.77 bits per heavy atom. The van der Waals surface area contributed by atoms with Gasteiger partial charge in [0.15, 0.2) is 0 Å². The highest BCUT2D eigenvalue weighted by Gasteiger charge is 2.35. The van der Waals surface area contributed by atoms with Crippen molar-refractivity contribution in [3.8, 4) is 17.1 Å². The standard InChI is InChI=1S/C29H33F2N7O2/c1-18-12-25(34-36(18)3)27-19(2)28(38(35-27)23-8-6-5-7-9-23)33-29(39)32-26-17-37(10-11-40-4)16-24(26)20-13-21(30)15-22(31)14-20/h5-9,12-15,24,26H,10-11,16-17H2,1-4H3,(H2,32,33,39)/t24-,26+/m0/s1. The lowest BCUT2D eigenvalue weighted by Crippen LogP contribution is -2.42. The topological polar surface area (TPSA) is 89.2 Å². The molecule has 2 amide bonds. The first-order chi connectivity index (χ1) is 19.2. The summed E-state index contributed by atoms with van der Waals surface area (Å²) in [5.41, 5.74) is 4.38. The van der Waals surface area contributed by atoms with Crippen LogP contribution in [0.2, 0.25) is 0 Å². The summed E-state index contributed by atoms with van der Waals surface area (Å²) < 4.78 is 36.9. The number of hydrogen-bond acceptors (Lipinski definition) is 5. The summed E-state index contributed by atoms with van der Waals surface area (Å²) >= 11 is 0. The van der Waals surface area contributed by atoms with Crippen LogP contribution >= 0.6 is 0 Å². The number of para-hydroxylation sites is 1. The molecule has 1 saturated heterocycles. The predicted octanol–water partition coefficient (Wildman–Crippen LogP) is 4.40. The zero-order chi connectivity index (χ0) is 28.4. The van der Waals surface area contributed by atoms with E-state index in [9.17, 15) is 13.6 Å². The molecule has 2 N–H and O–H groups in total. The number of likely N-dealkylation sites (tertiary alicyclic amines) is 1. The van der Waals surface area contributed by atoms with E-state index in [2.05, 4.69) is 20.6 Å². The SMILES string of the molecule is COCCN1C[C@@H](NC(=O)Nc2c(C)c(-c3cc(C)n(C)n3)nn2-c2ccccc2)[C@H](c2cc(F)cc(F)c2)C1. The number of rotatable bonds is 8. The van der Waals surface area contributed by atoms with Gasteiger partial charge < -0.3 is 10.1 Å². The molecule has 1 fully saturated rings. The smallest absolute Gasteiger partial charge is 0.320 e. The van der Waals surface area contributed by atoms with Gasteiger partial charge in [-0.15, -0.1) is 0 Å². The van der Waals surface area contributed by atoms with Crippen LogP contribution in [0.3, 0.4) is 0 Å². The molecule has 210 valence electrons. The number of benzene rings is 2. The predicted molar refractivity (Wildman–Crippen MR) is 149 cm³/mol. The zero-order valence-corrected chi connectivity index (χ0v) is 23.0. The van der Waals surface area contributed by atoms with E-state index in [1.807, 2.05) is 57.3 Å². The summed E-state index contributed by atoms with van der Waals surface area (Å²) in [7, 11) is 3.49. The maximum Gasteiger partial charge on any atom is 0.320 e. The first kappa shape index (κ1) is 27.5. The number of carbonyl (C=O) groups is 1. The molecule has 3 heterocycles. The van der Waals surface area contributed by atoms with E-state index in [1.165, 1.54) is 12.1 Å². The quantitative estimate of drug-likeness (QED) is 0.340. The highest BCUT2D eigenvalue weighted by Crippen LogP contribution is 2.31. The molecule has 2 aromatic carbocycles. The molecule has 0 radical (unpaired) electrons. The first-order valence-electron chi connectivity index (χ1n) is 13.1. The second kappa shape index (κ2) is 11.6. The molecular formula is C29H33F2N7O2. The van der Waals surface area contributed by atoms with Crippen LogP contribution in [-0.4, -0.2) is 69.9 Å². The van der Waals surface area contributed by atoms with E-state index >= 15 is 0 Å². The lowest BCUT2D eigenvalue weighted by atomic mass is 9.94. The number of hydrogen-bond donors (Lipinski definition) is 2. The van der Waals surface area contributed by atoms with E-state index in [1.54, 1.807) is 16.5 Å². The molecule has 0 unspecified atom stereocenters. The van der Waals surface area contributed by atoms with Crippen LogP contribution in [0, 0.1) is 25.5 Å². The molecule has 9 nitrogen and oxygen atoms in total. The minimum atomic E-state index is -0.645. The summed E-state index contributed by atoms with van der Waals surface area (Å²) in [6.07, 6.45) is 0. The molecule has 4 aromatic rings. The molecule has 2 atom stereocenters. The van der Waals surface area contributed by atoms with Crippen LogP contribution in [0.4, 0.5) is 19.4 Å². The molecule has 0 bridgehead atoms. The molecule has 11 heteroatoms. The van der Waals surface area contributed by atoms with Gasteiger partial charge in [-0.05, 0) is 49.7 Å². The van der Waals surface area contributed by atoms with Crippen molar-refractivity contribution >= 4 is 11.8 Å². The van der Waals surface area contributed by atoms with Crippen molar-refractivity contribution < 1.29 is 18.3 Å². The number of halogens is 2. The van der Waals surface area contributed by atoms with Crippen LogP contribution in [0.1, 0.15) is 22.7 Å². The number of nitrogens with zero attached hydrogens (tertiary/aromatic N) is 5. The van der Waals surface area contributed by atoms with Crippen molar-refractivity contribution in [1.82, 2.24) is 29.8 Å². The summed E-state index contributed by atoms with van der Waals surface area (Å²) in [5.74, 6) is -1.09. The fourth-order valence-corrected chi connectivity index (χ4v) is 5.19. The Balaban J connectivity index is 1.43. The Morgan fingerprint density at radius 1 is 1.05 bits per heavy atom. The maximum atomic E-state index is 14.1. The molecule has 5 rings (SSSR count). The van der Waals surface area contributed by atoms with Gasteiger partial charge in [0, 0.05) is 57.0 Å². The third-order valence-electron chi connectivity index (χ3n) is 7.35.